The van der Waals surface area contributed by atoms with Crippen LogP contribution in [-0.4, -0.2) is 21.8 Å². The minimum Gasteiger partial charge on any atom is -0.309 e. The second-order valence-electron chi connectivity index (χ2n) is 18.4. The molecule has 0 bridgehead atoms. The molecule has 3 nitrogen and oxygen atoms in total. The van der Waals surface area contributed by atoms with E-state index in [1.54, 1.807) is 0 Å². The molecule has 0 saturated heterocycles. The molecular weight excluding hydrogens is 863 g/mol. The molecule has 0 aliphatic rings. The van der Waals surface area contributed by atoms with Gasteiger partial charge in [0, 0.05) is 49.1 Å². The van der Waals surface area contributed by atoms with Crippen molar-refractivity contribution < 1.29 is 0 Å². The van der Waals surface area contributed by atoms with Gasteiger partial charge < -0.3 is 13.7 Å². The zero-order chi connectivity index (χ0) is 46.2. The maximum atomic E-state index is 2.52. The molecular formula is C66H45N3Si. The number of hydrogen-bond donors (Lipinski definition) is 0. The fourth-order valence-electron chi connectivity index (χ4n) is 11.9. The largest absolute Gasteiger partial charge is 0.309 e. The van der Waals surface area contributed by atoms with Crippen LogP contribution in [0.25, 0.3) is 93.6 Å². The first-order valence-corrected chi connectivity index (χ1v) is 26.2. The molecule has 0 radical (unpaired) electrons. The van der Waals surface area contributed by atoms with Gasteiger partial charge in [0.05, 0.1) is 44.5 Å². The Morgan fingerprint density at radius 2 is 0.543 bits per heavy atom. The van der Waals surface area contributed by atoms with E-state index < -0.39 is 8.07 Å². The number of rotatable bonds is 8. The third kappa shape index (κ3) is 5.94. The van der Waals surface area contributed by atoms with Crippen molar-refractivity contribution in [3.05, 3.63) is 273 Å². The van der Waals surface area contributed by atoms with E-state index in [-0.39, 0.29) is 0 Å². The highest BCUT2D eigenvalue weighted by molar-refractivity contribution is 7.20. The van der Waals surface area contributed by atoms with Crippen molar-refractivity contribution in [2.75, 3.05) is 0 Å². The lowest BCUT2D eigenvalue weighted by atomic mass is 10.0. The van der Waals surface area contributed by atoms with E-state index in [1.165, 1.54) is 97.3 Å². The highest BCUT2D eigenvalue weighted by atomic mass is 28.3. The van der Waals surface area contributed by atoms with Crippen LogP contribution >= 0.6 is 0 Å². The number of para-hydroxylation sites is 6. The second kappa shape index (κ2) is 16.1. The van der Waals surface area contributed by atoms with Gasteiger partial charge in [-0.05, 0) is 81.4 Å². The summed E-state index contributed by atoms with van der Waals surface area (Å²) in [5, 5.41) is 12.9. The average Bonchev–Trinajstić information content (AvgIpc) is 4.07. The van der Waals surface area contributed by atoms with Crippen LogP contribution in [0.2, 0.25) is 0 Å². The van der Waals surface area contributed by atoms with Gasteiger partial charge in [-0.25, -0.2) is 0 Å². The molecule has 11 aromatic carbocycles. The molecule has 0 fully saturated rings. The molecule has 0 spiro atoms. The van der Waals surface area contributed by atoms with E-state index in [1.807, 2.05) is 0 Å². The van der Waals surface area contributed by atoms with Crippen LogP contribution in [0, 0.1) is 0 Å². The van der Waals surface area contributed by atoms with Gasteiger partial charge in [-0.3, -0.25) is 0 Å². The zero-order valence-electron chi connectivity index (χ0n) is 38.3. The summed E-state index contributed by atoms with van der Waals surface area (Å²) >= 11 is 0. The monoisotopic (exact) mass is 907 g/mol. The van der Waals surface area contributed by atoms with Crippen molar-refractivity contribution in [3.63, 3.8) is 0 Å². The Labute approximate surface area is 407 Å². The maximum Gasteiger partial charge on any atom is 0.179 e. The molecule has 0 unspecified atom stereocenters. The predicted molar refractivity (Wildman–Crippen MR) is 299 cm³/mol. The Morgan fingerprint density at radius 3 is 1.01 bits per heavy atom. The summed E-state index contributed by atoms with van der Waals surface area (Å²) < 4.78 is 7.40. The Morgan fingerprint density at radius 1 is 0.214 bits per heavy atom. The van der Waals surface area contributed by atoms with Gasteiger partial charge in [0.15, 0.2) is 8.07 Å². The minimum atomic E-state index is -2.76. The SMILES string of the molecule is c1ccc([Si](c2ccccc2)(c2ccccc2)c2ccc3c(c2)c2ccccc2n3-c2ccc3c(c2)c2ccccc2n3-c2ccccc2-c2ccccc2-n2c3ccccc3c3ccccc32)cc1. The predicted octanol–water partition coefficient (Wildman–Crippen LogP) is 14.0. The molecule has 0 amide bonds. The third-order valence-electron chi connectivity index (χ3n) is 14.8. The van der Waals surface area contributed by atoms with Crippen LogP contribution in [0.15, 0.2) is 273 Å². The highest BCUT2D eigenvalue weighted by Crippen LogP contribution is 2.42. The van der Waals surface area contributed by atoms with Crippen LogP contribution in [0.5, 0.6) is 0 Å². The lowest BCUT2D eigenvalue weighted by Gasteiger charge is -2.34. The van der Waals surface area contributed by atoms with Crippen LogP contribution in [0.4, 0.5) is 0 Å². The average molecular weight is 908 g/mol. The van der Waals surface area contributed by atoms with Crippen molar-refractivity contribution in [3.8, 4) is 28.2 Å². The first kappa shape index (κ1) is 40.1. The van der Waals surface area contributed by atoms with Gasteiger partial charge in [-0.1, -0.05) is 212 Å². The van der Waals surface area contributed by atoms with Crippen molar-refractivity contribution in [2.45, 2.75) is 0 Å². The first-order chi connectivity index (χ1) is 34.8. The van der Waals surface area contributed by atoms with E-state index in [0.717, 1.165) is 17.1 Å². The molecule has 70 heavy (non-hydrogen) atoms. The molecule has 3 heterocycles. The molecule has 0 atom stereocenters. The maximum absolute atomic E-state index is 2.76. The highest BCUT2D eigenvalue weighted by Gasteiger charge is 2.41. The Hall–Kier alpha value is -8.96. The molecule has 328 valence electrons. The molecule has 0 N–H and O–H groups in total. The number of benzene rings is 11. The minimum absolute atomic E-state index is 1.14. The van der Waals surface area contributed by atoms with Crippen molar-refractivity contribution in [1.82, 2.24) is 13.7 Å². The van der Waals surface area contributed by atoms with E-state index in [0.29, 0.717) is 0 Å². The van der Waals surface area contributed by atoms with Crippen molar-refractivity contribution in [2.24, 2.45) is 0 Å². The third-order valence-corrected chi connectivity index (χ3v) is 19.6. The fourth-order valence-corrected chi connectivity index (χ4v) is 16.7. The Bertz CT molecular complexity index is 4150. The van der Waals surface area contributed by atoms with E-state index in [4.69, 9.17) is 0 Å². The number of fused-ring (bicyclic) bond motifs is 9. The lowest BCUT2D eigenvalue weighted by Crippen LogP contribution is -2.74. The molecule has 0 aliphatic heterocycles. The Balaban J connectivity index is 0.971. The van der Waals surface area contributed by atoms with Crippen LogP contribution < -0.4 is 20.7 Å². The number of aromatic nitrogens is 3. The van der Waals surface area contributed by atoms with Gasteiger partial charge >= 0.3 is 0 Å². The first-order valence-electron chi connectivity index (χ1n) is 24.2. The summed E-state index contributed by atoms with van der Waals surface area (Å²) in [6, 6.07) is 101. The topological polar surface area (TPSA) is 14.8 Å². The quantitative estimate of drug-likeness (QED) is 0.107. The van der Waals surface area contributed by atoms with Gasteiger partial charge in [0.2, 0.25) is 0 Å². The molecule has 0 aliphatic carbocycles. The number of nitrogens with zero attached hydrogens (tertiary/aromatic N) is 3. The fraction of sp³-hybridized carbons (Fsp3) is 0. The van der Waals surface area contributed by atoms with E-state index >= 15 is 0 Å². The van der Waals surface area contributed by atoms with Gasteiger partial charge in [0.1, 0.15) is 0 Å². The standard InChI is InChI=1S/C66H45N3Si/c1-4-22-47(23-5-1)70(48-24-6-2-7-25-48,49-26-8-3-9-27-49)50-41-43-65-58(45-50)56-33-14-16-34-59(56)67(65)46-40-42-66-57(44-46)55-32-15-21-39-64(55)69(66)63-38-20-13-31-54(63)53-30-12-19-37-62(53)68-60-35-17-10-28-51(60)52-29-11-18-36-61(52)68/h1-45H. The summed E-state index contributed by atoms with van der Waals surface area (Å²) in [4.78, 5) is 0. The van der Waals surface area contributed by atoms with Crippen LogP contribution in [0.3, 0.4) is 0 Å². The molecule has 4 heteroatoms. The van der Waals surface area contributed by atoms with Crippen LogP contribution in [-0.2, 0) is 0 Å². The smallest absolute Gasteiger partial charge is 0.179 e. The van der Waals surface area contributed by atoms with Gasteiger partial charge in [-0.15, -0.1) is 0 Å². The van der Waals surface area contributed by atoms with Crippen LogP contribution in [0.1, 0.15) is 0 Å². The van der Waals surface area contributed by atoms with Crippen molar-refractivity contribution in [1.29, 1.82) is 0 Å². The molecule has 0 saturated carbocycles. The summed E-state index contributed by atoms with van der Waals surface area (Å²) in [6.07, 6.45) is 0. The molecule has 14 aromatic rings. The summed E-state index contributed by atoms with van der Waals surface area (Å²) in [6.45, 7) is 0. The van der Waals surface area contributed by atoms with E-state index in [9.17, 15) is 0 Å². The zero-order valence-corrected chi connectivity index (χ0v) is 39.3. The Kier molecular flexibility index (Phi) is 9.23. The summed E-state index contributed by atoms with van der Waals surface area (Å²) in [5.41, 5.74) is 12.9. The van der Waals surface area contributed by atoms with Gasteiger partial charge in [0.25, 0.3) is 0 Å². The van der Waals surface area contributed by atoms with E-state index in [2.05, 4.69) is 287 Å². The summed E-state index contributed by atoms with van der Waals surface area (Å²) in [5.74, 6) is 0. The van der Waals surface area contributed by atoms with Crippen molar-refractivity contribution >= 4 is 94.2 Å². The summed E-state index contributed by atoms with van der Waals surface area (Å²) in [7, 11) is -2.76. The number of hydrogen-bond acceptors (Lipinski definition) is 0. The lowest BCUT2D eigenvalue weighted by molar-refractivity contribution is 1.15. The molecule has 14 rings (SSSR count). The second-order valence-corrected chi connectivity index (χ2v) is 22.2. The van der Waals surface area contributed by atoms with Gasteiger partial charge in [-0.2, -0.15) is 0 Å². The normalized spacial score (nSPS) is 12.0. The molecule has 3 aromatic heterocycles.